The van der Waals surface area contributed by atoms with Crippen molar-refractivity contribution in [2.24, 2.45) is 0 Å². The Bertz CT molecular complexity index is 319. The van der Waals surface area contributed by atoms with Crippen molar-refractivity contribution in [3.63, 3.8) is 0 Å². The van der Waals surface area contributed by atoms with Gasteiger partial charge >= 0.3 is 6.03 Å². The molecule has 0 aromatic heterocycles. The van der Waals surface area contributed by atoms with Crippen LogP contribution in [-0.4, -0.2) is 19.6 Å². The lowest BCUT2D eigenvalue weighted by Crippen LogP contribution is -2.33. The van der Waals surface area contributed by atoms with Crippen LogP contribution in [0.15, 0.2) is 24.3 Å². The number of carbonyl (C=O) groups excluding carboxylic acids is 1. The molecular weight excluding hydrogens is 200 g/mol. The van der Waals surface area contributed by atoms with Gasteiger partial charge in [0.15, 0.2) is 0 Å². The molecule has 0 heterocycles. The Kier molecular flexibility index (Phi) is 5.40. The van der Waals surface area contributed by atoms with Crippen molar-refractivity contribution in [1.82, 2.24) is 10.6 Å². The van der Waals surface area contributed by atoms with Gasteiger partial charge in [0.05, 0.1) is 0 Å². The SMILES string of the molecule is CCCc1ccc(CCNC(=O)NC)cc1. The van der Waals surface area contributed by atoms with Gasteiger partial charge in [-0.2, -0.15) is 0 Å². The lowest BCUT2D eigenvalue weighted by Gasteiger charge is -2.05. The number of rotatable bonds is 5. The van der Waals surface area contributed by atoms with E-state index in [-0.39, 0.29) is 6.03 Å². The van der Waals surface area contributed by atoms with Gasteiger partial charge < -0.3 is 10.6 Å². The maximum Gasteiger partial charge on any atom is 0.314 e. The first-order valence-electron chi connectivity index (χ1n) is 5.79. The molecule has 0 fully saturated rings. The van der Waals surface area contributed by atoms with E-state index in [2.05, 4.69) is 41.8 Å². The molecule has 3 nitrogen and oxygen atoms in total. The zero-order chi connectivity index (χ0) is 11.8. The Hall–Kier alpha value is -1.51. The molecule has 3 heteroatoms. The smallest absolute Gasteiger partial charge is 0.314 e. The standard InChI is InChI=1S/C13H20N2O/c1-3-4-11-5-7-12(8-6-11)9-10-15-13(16)14-2/h5-8H,3-4,9-10H2,1-2H3,(H2,14,15,16). The first-order chi connectivity index (χ1) is 7.76. The topological polar surface area (TPSA) is 41.1 Å². The van der Waals surface area contributed by atoms with Gasteiger partial charge in [-0.15, -0.1) is 0 Å². The molecular formula is C13H20N2O. The fraction of sp³-hybridized carbons (Fsp3) is 0.462. The molecule has 2 N–H and O–H groups in total. The summed E-state index contributed by atoms with van der Waals surface area (Å²) in [7, 11) is 1.62. The second-order valence-electron chi connectivity index (χ2n) is 3.82. The zero-order valence-electron chi connectivity index (χ0n) is 10.0. The minimum atomic E-state index is -0.123. The third-order valence-electron chi connectivity index (χ3n) is 2.49. The minimum Gasteiger partial charge on any atom is -0.341 e. The molecule has 0 saturated carbocycles. The van der Waals surface area contributed by atoms with E-state index in [9.17, 15) is 4.79 Å². The number of carbonyl (C=O) groups is 1. The van der Waals surface area contributed by atoms with Gasteiger partial charge in [0.25, 0.3) is 0 Å². The third-order valence-corrected chi connectivity index (χ3v) is 2.49. The highest BCUT2D eigenvalue weighted by Crippen LogP contribution is 2.06. The number of hydrogen-bond donors (Lipinski definition) is 2. The Balaban J connectivity index is 2.34. The van der Waals surface area contributed by atoms with E-state index in [0.717, 1.165) is 12.8 Å². The largest absolute Gasteiger partial charge is 0.341 e. The summed E-state index contributed by atoms with van der Waals surface area (Å²) in [6, 6.07) is 8.48. The summed E-state index contributed by atoms with van der Waals surface area (Å²) < 4.78 is 0. The van der Waals surface area contributed by atoms with Gasteiger partial charge in [-0.1, -0.05) is 37.6 Å². The maximum absolute atomic E-state index is 10.9. The van der Waals surface area contributed by atoms with Gasteiger partial charge in [0.1, 0.15) is 0 Å². The van der Waals surface area contributed by atoms with E-state index in [1.165, 1.54) is 17.5 Å². The van der Waals surface area contributed by atoms with E-state index in [0.29, 0.717) is 6.54 Å². The van der Waals surface area contributed by atoms with Crippen LogP contribution in [0.3, 0.4) is 0 Å². The maximum atomic E-state index is 10.9. The van der Waals surface area contributed by atoms with Crippen molar-refractivity contribution < 1.29 is 4.79 Å². The summed E-state index contributed by atoms with van der Waals surface area (Å²) in [5.74, 6) is 0. The third kappa shape index (κ3) is 4.34. The van der Waals surface area contributed by atoms with Gasteiger partial charge in [0.2, 0.25) is 0 Å². The van der Waals surface area contributed by atoms with Crippen molar-refractivity contribution in [2.45, 2.75) is 26.2 Å². The predicted molar refractivity (Wildman–Crippen MR) is 66.6 cm³/mol. The quantitative estimate of drug-likeness (QED) is 0.784. The van der Waals surface area contributed by atoms with Gasteiger partial charge in [-0.25, -0.2) is 4.79 Å². The van der Waals surface area contributed by atoms with Crippen LogP contribution >= 0.6 is 0 Å². The van der Waals surface area contributed by atoms with Crippen molar-refractivity contribution in [3.05, 3.63) is 35.4 Å². The van der Waals surface area contributed by atoms with Gasteiger partial charge in [-0.3, -0.25) is 0 Å². The summed E-state index contributed by atoms with van der Waals surface area (Å²) >= 11 is 0. The number of nitrogens with one attached hydrogen (secondary N) is 2. The molecule has 0 spiro atoms. The Morgan fingerprint density at radius 2 is 1.69 bits per heavy atom. The first kappa shape index (κ1) is 12.6. The van der Waals surface area contributed by atoms with Crippen LogP contribution in [0.25, 0.3) is 0 Å². The molecule has 88 valence electrons. The van der Waals surface area contributed by atoms with Crippen molar-refractivity contribution in [2.75, 3.05) is 13.6 Å². The molecule has 1 aromatic rings. The molecule has 0 radical (unpaired) electrons. The molecule has 0 saturated heterocycles. The summed E-state index contributed by atoms with van der Waals surface area (Å²) in [6.07, 6.45) is 3.19. The van der Waals surface area contributed by atoms with Crippen LogP contribution in [0, 0.1) is 0 Å². The highest BCUT2D eigenvalue weighted by molar-refractivity contribution is 5.73. The Morgan fingerprint density at radius 3 is 2.19 bits per heavy atom. The lowest BCUT2D eigenvalue weighted by molar-refractivity contribution is 0.243. The van der Waals surface area contributed by atoms with Crippen LogP contribution in [0.4, 0.5) is 4.79 Å². The van der Waals surface area contributed by atoms with E-state index >= 15 is 0 Å². The second-order valence-corrected chi connectivity index (χ2v) is 3.82. The molecule has 1 aromatic carbocycles. The fourth-order valence-electron chi connectivity index (χ4n) is 1.57. The van der Waals surface area contributed by atoms with Crippen molar-refractivity contribution >= 4 is 6.03 Å². The summed E-state index contributed by atoms with van der Waals surface area (Å²) in [6.45, 7) is 2.86. The summed E-state index contributed by atoms with van der Waals surface area (Å²) in [5.41, 5.74) is 2.64. The predicted octanol–water partition coefficient (Wildman–Crippen LogP) is 2.11. The molecule has 0 unspecified atom stereocenters. The molecule has 0 aliphatic rings. The number of benzene rings is 1. The van der Waals surface area contributed by atoms with Crippen molar-refractivity contribution in [1.29, 1.82) is 0 Å². The molecule has 16 heavy (non-hydrogen) atoms. The monoisotopic (exact) mass is 220 g/mol. The van der Waals surface area contributed by atoms with Crippen LogP contribution in [0.1, 0.15) is 24.5 Å². The van der Waals surface area contributed by atoms with Crippen LogP contribution in [-0.2, 0) is 12.8 Å². The van der Waals surface area contributed by atoms with Crippen molar-refractivity contribution in [3.8, 4) is 0 Å². The lowest BCUT2D eigenvalue weighted by atomic mass is 10.1. The molecule has 0 aliphatic carbocycles. The normalized spacial score (nSPS) is 9.88. The zero-order valence-corrected chi connectivity index (χ0v) is 10.0. The van der Waals surface area contributed by atoms with E-state index < -0.39 is 0 Å². The highest BCUT2D eigenvalue weighted by atomic mass is 16.2. The fourth-order valence-corrected chi connectivity index (χ4v) is 1.57. The molecule has 2 amide bonds. The Labute approximate surface area is 97.2 Å². The average Bonchev–Trinajstić information content (AvgIpc) is 2.31. The summed E-state index contributed by atoms with van der Waals surface area (Å²) in [5, 5.41) is 5.30. The molecule has 0 bridgehead atoms. The van der Waals surface area contributed by atoms with E-state index in [1.54, 1.807) is 7.05 Å². The van der Waals surface area contributed by atoms with Gasteiger partial charge in [-0.05, 0) is 24.0 Å². The van der Waals surface area contributed by atoms with E-state index in [4.69, 9.17) is 0 Å². The van der Waals surface area contributed by atoms with Crippen LogP contribution in [0.2, 0.25) is 0 Å². The van der Waals surface area contributed by atoms with Crippen LogP contribution in [0.5, 0.6) is 0 Å². The highest BCUT2D eigenvalue weighted by Gasteiger charge is 1.97. The van der Waals surface area contributed by atoms with Crippen LogP contribution < -0.4 is 10.6 Å². The first-order valence-corrected chi connectivity index (χ1v) is 5.79. The second kappa shape index (κ2) is 6.88. The van der Waals surface area contributed by atoms with Gasteiger partial charge in [0, 0.05) is 13.6 Å². The number of amides is 2. The number of aryl methyl sites for hydroxylation is 1. The minimum absolute atomic E-state index is 0.123. The molecule has 1 rings (SSSR count). The number of hydrogen-bond acceptors (Lipinski definition) is 1. The molecule has 0 aliphatic heterocycles. The summed E-state index contributed by atoms with van der Waals surface area (Å²) in [4.78, 5) is 10.9. The number of urea groups is 1. The average molecular weight is 220 g/mol. The molecule has 0 atom stereocenters. The van der Waals surface area contributed by atoms with E-state index in [1.807, 2.05) is 0 Å². The Morgan fingerprint density at radius 1 is 1.12 bits per heavy atom.